The van der Waals surface area contributed by atoms with Gasteiger partial charge in [-0.1, -0.05) is 5.21 Å². The molecule has 7 nitrogen and oxygen atoms in total. The van der Waals surface area contributed by atoms with Gasteiger partial charge >= 0.3 is 0 Å². The van der Waals surface area contributed by atoms with Gasteiger partial charge in [0.2, 0.25) is 0 Å². The van der Waals surface area contributed by atoms with Gasteiger partial charge in [-0.3, -0.25) is 4.79 Å². The van der Waals surface area contributed by atoms with Crippen molar-refractivity contribution in [2.45, 2.75) is 0 Å². The number of ether oxygens (including phenoxy) is 2. The molecular weight excluding hydrogens is 399 g/mol. The van der Waals surface area contributed by atoms with Gasteiger partial charge in [-0.2, -0.15) is 0 Å². The Morgan fingerprint density at radius 1 is 0.935 bits per heavy atom. The molecule has 1 heterocycles. The van der Waals surface area contributed by atoms with Crippen LogP contribution in [0.5, 0.6) is 11.5 Å². The molecule has 31 heavy (non-hydrogen) atoms. The molecule has 0 atom stereocenters. The molecule has 0 radical (unpaired) electrons. The smallest absolute Gasteiger partial charge is 0.255 e. The Balaban J connectivity index is 1.56. The summed E-state index contributed by atoms with van der Waals surface area (Å²) in [6.45, 7) is 0. The number of halogens is 1. The zero-order chi connectivity index (χ0) is 21.8. The Labute approximate surface area is 178 Å². The first-order chi connectivity index (χ1) is 15.1. The van der Waals surface area contributed by atoms with Crippen molar-refractivity contribution >= 4 is 11.6 Å². The second kappa shape index (κ2) is 8.66. The number of nitrogens with zero attached hydrogens (tertiary/aromatic N) is 3. The maximum Gasteiger partial charge on any atom is 0.255 e. The minimum absolute atomic E-state index is 0.320. The Morgan fingerprint density at radius 3 is 2.32 bits per heavy atom. The molecule has 0 fully saturated rings. The molecule has 0 saturated heterocycles. The van der Waals surface area contributed by atoms with Crippen LogP contribution in [-0.2, 0) is 0 Å². The zero-order valence-electron chi connectivity index (χ0n) is 16.9. The lowest BCUT2D eigenvalue weighted by Gasteiger charge is -2.11. The fourth-order valence-corrected chi connectivity index (χ4v) is 3.11. The molecule has 0 bridgehead atoms. The van der Waals surface area contributed by atoms with Crippen LogP contribution < -0.4 is 14.8 Å². The molecule has 0 aliphatic carbocycles. The van der Waals surface area contributed by atoms with E-state index >= 15 is 0 Å². The number of hydrogen-bond donors (Lipinski definition) is 1. The lowest BCUT2D eigenvalue weighted by Crippen LogP contribution is -2.11. The molecule has 0 spiro atoms. The third kappa shape index (κ3) is 4.23. The number of nitrogens with one attached hydrogen (secondary N) is 1. The summed E-state index contributed by atoms with van der Waals surface area (Å²) in [5.41, 5.74) is 3.37. The molecule has 4 aromatic rings. The molecule has 1 amide bonds. The third-order valence-electron chi connectivity index (χ3n) is 4.70. The van der Waals surface area contributed by atoms with Gasteiger partial charge in [-0.05, 0) is 66.7 Å². The minimum atomic E-state index is -0.390. The van der Waals surface area contributed by atoms with Crippen LogP contribution in [-0.4, -0.2) is 35.1 Å². The van der Waals surface area contributed by atoms with E-state index in [1.807, 2.05) is 30.3 Å². The average Bonchev–Trinajstić information content (AvgIpc) is 3.29. The van der Waals surface area contributed by atoms with Crippen LogP contribution in [0.4, 0.5) is 10.1 Å². The second-order valence-corrected chi connectivity index (χ2v) is 6.61. The molecular formula is C23H19FN4O3. The van der Waals surface area contributed by atoms with Crippen molar-refractivity contribution in [3.05, 3.63) is 84.3 Å². The van der Waals surface area contributed by atoms with E-state index in [0.29, 0.717) is 22.7 Å². The van der Waals surface area contributed by atoms with Crippen molar-refractivity contribution in [2.24, 2.45) is 0 Å². The van der Waals surface area contributed by atoms with Gasteiger partial charge in [0.15, 0.2) is 11.5 Å². The Morgan fingerprint density at radius 2 is 1.65 bits per heavy atom. The van der Waals surface area contributed by atoms with Gasteiger partial charge in [0, 0.05) is 16.8 Å². The molecule has 0 unspecified atom stereocenters. The number of rotatable bonds is 6. The Bertz CT molecular complexity index is 1200. The summed E-state index contributed by atoms with van der Waals surface area (Å²) in [6, 6.07) is 18.1. The van der Waals surface area contributed by atoms with E-state index in [1.54, 1.807) is 37.2 Å². The zero-order valence-corrected chi connectivity index (χ0v) is 16.9. The normalized spacial score (nSPS) is 10.5. The van der Waals surface area contributed by atoms with E-state index in [-0.39, 0.29) is 11.7 Å². The van der Waals surface area contributed by atoms with Gasteiger partial charge < -0.3 is 14.8 Å². The van der Waals surface area contributed by atoms with Gasteiger partial charge in [0.1, 0.15) is 5.82 Å². The standard InChI is InChI=1S/C23H19FN4O3/c1-30-21-12-5-16(13-22(21)31-2)20-14-25-27-28(20)19-10-8-18(9-11-19)26-23(29)15-3-6-17(24)7-4-15/h3-14H,1-2H3,(H,26,29). The van der Waals surface area contributed by atoms with E-state index < -0.39 is 0 Å². The van der Waals surface area contributed by atoms with Crippen molar-refractivity contribution in [3.8, 4) is 28.4 Å². The second-order valence-electron chi connectivity index (χ2n) is 6.61. The summed E-state index contributed by atoms with van der Waals surface area (Å²) in [5.74, 6) is 0.525. The van der Waals surface area contributed by atoms with Crippen molar-refractivity contribution in [2.75, 3.05) is 19.5 Å². The molecule has 156 valence electrons. The number of benzene rings is 3. The highest BCUT2D eigenvalue weighted by atomic mass is 19.1. The number of carbonyl (C=O) groups is 1. The summed E-state index contributed by atoms with van der Waals surface area (Å²) in [4.78, 5) is 12.3. The predicted molar refractivity (Wildman–Crippen MR) is 114 cm³/mol. The van der Waals surface area contributed by atoms with Crippen molar-refractivity contribution < 1.29 is 18.7 Å². The van der Waals surface area contributed by atoms with Crippen LogP contribution in [0.3, 0.4) is 0 Å². The number of amides is 1. The highest BCUT2D eigenvalue weighted by Gasteiger charge is 2.13. The Kier molecular flexibility index (Phi) is 5.61. The maximum absolute atomic E-state index is 13.0. The number of aromatic nitrogens is 3. The monoisotopic (exact) mass is 418 g/mol. The van der Waals surface area contributed by atoms with Crippen LogP contribution in [0.15, 0.2) is 72.9 Å². The van der Waals surface area contributed by atoms with Gasteiger partial charge in [-0.15, -0.1) is 5.10 Å². The van der Waals surface area contributed by atoms with Crippen LogP contribution in [0.1, 0.15) is 10.4 Å². The topological polar surface area (TPSA) is 78.3 Å². The third-order valence-corrected chi connectivity index (χ3v) is 4.70. The lowest BCUT2D eigenvalue weighted by molar-refractivity contribution is 0.102. The van der Waals surface area contributed by atoms with E-state index in [9.17, 15) is 9.18 Å². The highest BCUT2D eigenvalue weighted by molar-refractivity contribution is 6.04. The van der Waals surface area contributed by atoms with Gasteiger partial charge in [-0.25, -0.2) is 9.07 Å². The van der Waals surface area contributed by atoms with Crippen molar-refractivity contribution in [1.82, 2.24) is 15.0 Å². The SMILES string of the molecule is COc1ccc(-c2cnnn2-c2ccc(NC(=O)c3ccc(F)cc3)cc2)cc1OC. The lowest BCUT2D eigenvalue weighted by atomic mass is 10.1. The quantitative estimate of drug-likeness (QED) is 0.504. The number of anilines is 1. The number of methoxy groups -OCH3 is 2. The number of carbonyl (C=O) groups excluding carboxylic acids is 1. The summed E-state index contributed by atoms with van der Waals surface area (Å²) in [6.07, 6.45) is 1.66. The molecule has 1 N–H and O–H groups in total. The van der Waals surface area contributed by atoms with Crippen LogP contribution in [0.25, 0.3) is 16.9 Å². The minimum Gasteiger partial charge on any atom is -0.493 e. The summed E-state index contributed by atoms with van der Waals surface area (Å²) < 4.78 is 25.4. The average molecular weight is 418 g/mol. The summed E-state index contributed by atoms with van der Waals surface area (Å²) >= 11 is 0. The van der Waals surface area contributed by atoms with Gasteiger partial charge in [0.05, 0.1) is 31.8 Å². The Hall–Kier alpha value is -4.20. The van der Waals surface area contributed by atoms with E-state index in [2.05, 4.69) is 15.6 Å². The van der Waals surface area contributed by atoms with Crippen LogP contribution >= 0.6 is 0 Å². The maximum atomic E-state index is 13.0. The molecule has 0 aliphatic heterocycles. The first-order valence-electron chi connectivity index (χ1n) is 9.39. The molecule has 0 aliphatic rings. The largest absolute Gasteiger partial charge is 0.493 e. The number of hydrogen-bond acceptors (Lipinski definition) is 5. The van der Waals surface area contributed by atoms with Gasteiger partial charge in [0.25, 0.3) is 5.91 Å². The molecule has 4 rings (SSSR count). The first kappa shape index (κ1) is 20.1. The molecule has 0 saturated carbocycles. The highest BCUT2D eigenvalue weighted by Crippen LogP contribution is 2.32. The fourth-order valence-electron chi connectivity index (χ4n) is 3.11. The predicted octanol–water partition coefficient (Wildman–Crippen LogP) is 4.34. The van der Waals surface area contributed by atoms with Crippen molar-refractivity contribution in [3.63, 3.8) is 0 Å². The fraction of sp³-hybridized carbons (Fsp3) is 0.0870. The van der Waals surface area contributed by atoms with Crippen molar-refractivity contribution in [1.29, 1.82) is 0 Å². The summed E-state index contributed by atoms with van der Waals surface area (Å²) in [5, 5.41) is 11.0. The molecule has 1 aromatic heterocycles. The first-order valence-corrected chi connectivity index (χ1v) is 9.39. The van der Waals surface area contributed by atoms with Crippen LogP contribution in [0.2, 0.25) is 0 Å². The van der Waals surface area contributed by atoms with E-state index in [0.717, 1.165) is 16.9 Å². The summed E-state index contributed by atoms with van der Waals surface area (Å²) in [7, 11) is 3.16. The molecule has 8 heteroatoms. The van der Waals surface area contributed by atoms with E-state index in [4.69, 9.17) is 9.47 Å². The van der Waals surface area contributed by atoms with Crippen LogP contribution in [0, 0.1) is 5.82 Å². The molecule has 3 aromatic carbocycles. The van der Waals surface area contributed by atoms with E-state index in [1.165, 1.54) is 24.3 Å².